The van der Waals surface area contributed by atoms with Crippen LogP contribution >= 0.6 is 22.7 Å². The third-order valence-electron chi connectivity index (χ3n) is 4.64. The molecular weight excluding hydrogens is 384 g/mol. The van der Waals surface area contributed by atoms with E-state index in [2.05, 4.69) is 15.2 Å². The van der Waals surface area contributed by atoms with Gasteiger partial charge in [0.1, 0.15) is 0 Å². The fourth-order valence-electron chi connectivity index (χ4n) is 3.18. The van der Waals surface area contributed by atoms with Crippen molar-refractivity contribution < 1.29 is 9.72 Å². The molecule has 3 aromatic rings. The molecule has 140 valence electrons. The van der Waals surface area contributed by atoms with E-state index >= 15 is 0 Å². The van der Waals surface area contributed by atoms with Crippen molar-refractivity contribution in [3.05, 3.63) is 50.2 Å². The minimum absolute atomic E-state index is 0.00107. The van der Waals surface area contributed by atoms with Crippen molar-refractivity contribution in [1.29, 1.82) is 0 Å². The number of benzene rings is 1. The average Bonchev–Trinajstić information content (AvgIpc) is 3.27. The fourth-order valence-corrected chi connectivity index (χ4v) is 5.00. The number of amides is 1. The van der Waals surface area contributed by atoms with Crippen molar-refractivity contribution in [1.82, 2.24) is 10.3 Å². The van der Waals surface area contributed by atoms with Crippen molar-refractivity contribution >= 4 is 49.6 Å². The van der Waals surface area contributed by atoms with E-state index in [9.17, 15) is 14.9 Å². The van der Waals surface area contributed by atoms with Gasteiger partial charge in [0.2, 0.25) is 0 Å². The Morgan fingerprint density at radius 1 is 1.26 bits per heavy atom. The number of carbonyl (C=O) groups excluding carboxylic acids is 1. The second-order valence-corrected chi connectivity index (χ2v) is 8.85. The fraction of sp³-hybridized carbons (Fsp3) is 0.333. The lowest BCUT2D eigenvalue weighted by Gasteiger charge is -2.32. The van der Waals surface area contributed by atoms with Gasteiger partial charge in [-0.2, -0.15) is 0 Å². The highest BCUT2D eigenvalue weighted by molar-refractivity contribution is 7.22. The quantitative estimate of drug-likeness (QED) is 0.527. The van der Waals surface area contributed by atoms with Gasteiger partial charge in [0, 0.05) is 36.1 Å². The highest BCUT2D eigenvalue weighted by Crippen LogP contribution is 2.32. The molecule has 7 nitrogen and oxygen atoms in total. The van der Waals surface area contributed by atoms with Crippen LogP contribution in [0, 0.1) is 17.0 Å². The Hall–Kier alpha value is -2.52. The summed E-state index contributed by atoms with van der Waals surface area (Å²) in [6.45, 7) is 3.60. The molecule has 0 radical (unpaired) electrons. The van der Waals surface area contributed by atoms with Gasteiger partial charge in [0.15, 0.2) is 5.13 Å². The summed E-state index contributed by atoms with van der Waals surface area (Å²) in [7, 11) is 0. The Morgan fingerprint density at radius 2 is 2.04 bits per heavy atom. The average molecular weight is 403 g/mol. The summed E-state index contributed by atoms with van der Waals surface area (Å²) >= 11 is 2.98. The molecule has 0 bridgehead atoms. The second kappa shape index (κ2) is 7.24. The standard InChI is InChI=1S/C18H18N4O3S2/c1-11-2-5-15(26-11)17(23)19-12-6-8-21(9-7-12)18-20-14-4-3-13(22(24)25)10-16(14)27-18/h2-5,10,12H,6-9H2,1H3,(H,19,23). The number of nitro benzene ring substituents is 1. The summed E-state index contributed by atoms with van der Waals surface area (Å²) in [5, 5.41) is 14.9. The maximum Gasteiger partial charge on any atom is 0.270 e. The Labute approximate surface area is 163 Å². The molecule has 0 unspecified atom stereocenters. The van der Waals surface area contributed by atoms with Crippen LogP contribution in [0.1, 0.15) is 27.4 Å². The van der Waals surface area contributed by atoms with Gasteiger partial charge in [-0.3, -0.25) is 14.9 Å². The number of aromatic nitrogens is 1. The van der Waals surface area contributed by atoms with Crippen LogP contribution in [0.15, 0.2) is 30.3 Å². The predicted molar refractivity (Wildman–Crippen MR) is 108 cm³/mol. The number of nitro groups is 1. The number of hydrogen-bond donors (Lipinski definition) is 1. The van der Waals surface area contributed by atoms with Gasteiger partial charge in [0.05, 0.1) is 20.0 Å². The van der Waals surface area contributed by atoms with E-state index < -0.39 is 0 Å². The molecule has 0 spiro atoms. The van der Waals surface area contributed by atoms with Crippen molar-refractivity contribution in [3.63, 3.8) is 0 Å². The molecular formula is C18H18N4O3S2. The van der Waals surface area contributed by atoms with Crippen LogP contribution in [0.5, 0.6) is 0 Å². The Kier molecular flexibility index (Phi) is 4.79. The molecule has 4 rings (SSSR count). The third kappa shape index (κ3) is 3.79. The highest BCUT2D eigenvalue weighted by atomic mass is 32.1. The van der Waals surface area contributed by atoms with E-state index in [-0.39, 0.29) is 22.6 Å². The molecule has 0 saturated carbocycles. The lowest BCUT2D eigenvalue weighted by atomic mass is 10.1. The van der Waals surface area contributed by atoms with Crippen molar-refractivity contribution in [2.75, 3.05) is 18.0 Å². The minimum atomic E-state index is -0.387. The molecule has 1 fully saturated rings. The van der Waals surface area contributed by atoms with Crippen LogP contribution in [-0.2, 0) is 0 Å². The number of nitrogens with one attached hydrogen (secondary N) is 1. The molecule has 3 heterocycles. The van der Waals surface area contributed by atoms with E-state index in [4.69, 9.17) is 0 Å². The van der Waals surface area contributed by atoms with Crippen LogP contribution in [0.3, 0.4) is 0 Å². The zero-order valence-corrected chi connectivity index (χ0v) is 16.3. The molecule has 1 aliphatic heterocycles. The summed E-state index contributed by atoms with van der Waals surface area (Å²) in [5.41, 5.74) is 0.868. The lowest BCUT2D eigenvalue weighted by Crippen LogP contribution is -2.44. The van der Waals surface area contributed by atoms with Crippen LogP contribution in [-0.4, -0.2) is 34.9 Å². The molecule has 1 N–H and O–H groups in total. The molecule has 2 aromatic heterocycles. The Morgan fingerprint density at radius 3 is 2.70 bits per heavy atom. The van der Waals surface area contributed by atoms with Crippen LogP contribution < -0.4 is 10.2 Å². The van der Waals surface area contributed by atoms with Gasteiger partial charge < -0.3 is 10.2 Å². The number of carbonyl (C=O) groups is 1. The summed E-state index contributed by atoms with van der Waals surface area (Å²) < 4.78 is 0.822. The number of non-ortho nitro benzene ring substituents is 1. The van der Waals surface area contributed by atoms with E-state index in [1.54, 1.807) is 12.1 Å². The zero-order valence-electron chi connectivity index (χ0n) is 14.7. The maximum absolute atomic E-state index is 12.3. The highest BCUT2D eigenvalue weighted by Gasteiger charge is 2.24. The SMILES string of the molecule is Cc1ccc(C(=O)NC2CCN(c3nc4ccc([N+](=O)[O-])cc4s3)CC2)s1. The number of piperidine rings is 1. The smallest absolute Gasteiger partial charge is 0.270 e. The first kappa shape index (κ1) is 17.9. The topological polar surface area (TPSA) is 88.4 Å². The third-order valence-corrected chi connectivity index (χ3v) is 6.71. The molecule has 1 aliphatic rings. The van der Waals surface area contributed by atoms with Crippen LogP contribution in [0.25, 0.3) is 10.2 Å². The molecule has 1 aromatic carbocycles. The number of thiazole rings is 1. The number of rotatable bonds is 4. The number of nitrogens with zero attached hydrogens (tertiary/aromatic N) is 3. The summed E-state index contributed by atoms with van der Waals surface area (Å²) in [6, 6.07) is 8.74. The van der Waals surface area contributed by atoms with E-state index in [1.165, 1.54) is 28.7 Å². The lowest BCUT2D eigenvalue weighted by molar-refractivity contribution is -0.384. The number of anilines is 1. The van der Waals surface area contributed by atoms with Crippen LogP contribution in [0.4, 0.5) is 10.8 Å². The first-order chi connectivity index (χ1) is 13.0. The van der Waals surface area contributed by atoms with Gasteiger partial charge in [-0.15, -0.1) is 11.3 Å². The zero-order chi connectivity index (χ0) is 19.0. The molecule has 9 heteroatoms. The van der Waals surface area contributed by atoms with Gasteiger partial charge in [-0.1, -0.05) is 11.3 Å². The first-order valence-electron chi connectivity index (χ1n) is 8.67. The normalized spacial score (nSPS) is 15.2. The van der Waals surface area contributed by atoms with Crippen molar-refractivity contribution in [2.45, 2.75) is 25.8 Å². The summed E-state index contributed by atoms with van der Waals surface area (Å²) in [4.78, 5) is 31.5. The van der Waals surface area contributed by atoms with Gasteiger partial charge >= 0.3 is 0 Å². The Bertz CT molecular complexity index is 1010. The van der Waals surface area contributed by atoms with E-state index in [0.29, 0.717) is 0 Å². The largest absolute Gasteiger partial charge is 0.348 e. The number of fused-ring (bicyclic) bond motifs is 1. The minimum Gasteiger partial charge on any atom is -0.348 e. The van der Waals surface area contributed by atoms with E-state index in [1.807, 2.05) is 19.1 Å². The van der Waals surface area contributed by atoms with Crippen molar-refractivity contribution in [3.8, 4) is 0 Å². The van der Waals surface area contributed by atoms with Gasteiger partial charge in [-0.05, 0) is 38.0 Å². The van der Waals surface area contributed by atoms with Crippen molar-refractivity contribution in [2.24, 2.45) is 0 Å². The first-order valence-corrected chi connectivity index (χ1v) is 10.3. The monoisotopic (exact) mass is 402 g/mol. The summed E-state index contributed by atoms with van der Waals surface area (Å²) in [5.74, 6) is -0.00107. The predicted octanol–water partition coefficient (Wildman–Crippen LogP) is 3.97. The van der Waals surface area contributed by atoms with Gasteiger partial charge in [-0.25, -0.2) is 4.98 Å². The molecule has 27 heavy (non-hydrogen) atoms. The molecule has 0 aliphatic carbocycles. The molecule has 1 amide bonds. The molecule has 0 atom stereocenters. The van der Waals surface area contributed by atoms with E-state index in [0.717, 1.165) is 51.0 Å². The van der Waals surface area contributed by atoms with Crippen LogP contribution in [0.2, 0.25) is 0 Å². The number of thiophene rings is 1. The summed E-state index contributed by atoms with van der Waals surface area (Å²) in [6.07, 6.45) is 1.71. The maximum atomic E-state index is 12.3. The van der Waals surface area contributed by atoms with Gasteiger partial charge in [0.25, 0.3) is 11.6 Å². The molecule has 1 saturated heterocycles. The number of aryl methyl sites for hydroxylation is 1. The second-order valence-electron chi connectivity index (χ2n) is 6.55. The Balaban J connectivity index is 1.39. The number of hydrogen-bond acceptors (Lipinski definition) is 7.